The van der Waals surface area contributed by atoms with E-state index in [1.54, 1.807) is 6.07 Å². The Balaban J connectivity index is 1.80. The molecule has 0 bridgehead atoms. The zero-order valence-electron chi connectivity index (χ0n) is 13.1. The van der Waals surface area contributed by atoms with E-state index < -0.39 is 0 Å². The standard InChI is InChI=1S/C18H18FN3O/c1-12(2)10-23-15-6-4-14(5-7-15)22-18-16-9-13(19)3-8-17(16)20-11-21-18/h3-9,11-12H,10H2,1-2H3,(H,20,21,22). The Bertz CT molecular complexity index is 803. The molecule has 0 amide bonds. The Morgan fingerprint density at radius 2 is 1.87 bits per heavy atom. The van der Waals surface area contributed by atoms with Crippen molar-refractivity contribution in [3.05, 3.63) is 54.6 Å². The lowest BCUT2D eigenvalue weighted by molar-refractivity contribution is 0.271. The van der Waals surface area contributed by atoms with Crippen LogP contribution < -0.4 is 10.1 Å². The molecule has 0 aliphatic rings. The van der Waals surface area contributed by atoms with Crippen LogP contribution in [0.4, 0.5) is 15.9 Å². The second-order valence-electron chi connectivity index (χ2n) is 5.74. The molecule has 23 heavy (non-hydrogen) atoms. The van der Waals surface area contributed by atoms with Gasteiger partial charge in [0.15, 0.2) is 0 Å². The smallest absolute Gasteiger partial charge is 0.141 e. The molecule has 4 nitrogen and oxygen atoms in total. The molecule has 0 saturated heterocycles. The fourth-order valence-corrected chi connectivity index (χ4v) is 2.16. The number of benzene rings is 2. The number of nitrogens with zero attached hydrogens (tertiary/aromatic N) is 2. The van der Waals surface area contributed by atoms with Gasteiger partial charge in [-0.3, -0.25) is 0 Å². The van der Waals surface area contributed by atoms with Gasteiger partial charge in [-0.2, -0.15) is 0 Å². The van der Waals surface area contributed by atoms with Crippen LogP contribution >= 0.6 is 0 Å². The SMILES string of the molecule is CC(C)COc1ccc(Nc2ncnc3ccc(F)cc23)cc1. The zero-order valence-corrected chi connectivity index (χ0v) is 13.1. The van der Waals surface area contributed by atoms with E-state index in [0.29, 0.717) is 29.2 Å². The summed E-state index contributed by atoms with van der Waals surface area (Å²) in [5, 5.41) is 3.84. The lowest BCUT2D eigenvalue weighted by Gasteiger charge is -2.11. The van der Waals surface area contributed by atoms with Gasteiger partial charge in [-0.1, -0.05) is 13.8 Å². The Labute approximate surface area is 134 Å². The van der Waals surface area contributed by atoms with Crippen molar-refractivity contribution in [2.75, 3.05) is 11.9 Å². The highest BCUT2D eigenvalue weighted by atomic mass is 19.1. The molecule has 0 radical (unpaired) electrons. The lowest BCUT2D eigenvalue weighted by Crippen LogP contribution is -2.04. The molecule has 0 aliphatic heterocycles. The van der Waals surface area contributed by atoms with Crippen molar-refractivity contribution < 1.29 is 9.13 Å². The van der Waals surface area contributed by atoms with E-state index in [1.807, 2.05) is 24.3 Å². The number of nitrogens with one attached hydrogen (secondary N) is 1. The van der Waals surface area contributed by atoms with Gasteiger partial charge < -0.3 is 10.1 Å². The van der Waals surface area contributed by atoms with Gasteiger partial charge in [-0.25, -0.2) is 14.4 Å². The van der Waals surface area contributed by atoms with Crippen molar-refractivity contribution >= 4 is 22.4 Å². The number of fused-ring (bicyclic) bond motifs is 1. The van der Waals surface area contributed by atoms with Gasteiger partial charge in [0.1, 0.15) is 23.7 Å². The highest BCUT2D eigenvalue weighted by Crippen LogP contribution is 2.25. The summed E-state index contributed by atoms with van der Waals surface area (Å²) in [7, 11) is 0. The monoisotopic (exact) mass is 311 g/mol. The molecule has 2 aromatic carbocycles. The highest BCUT2D eigenvalue weighted by molar-refractivity contribution is 5.90. The zero-order chi connectivity index (χ0) is 16.2. The number of halogens is 1. The molecule has 1 N–H and O–H groups in total. The van der Waals surface area contributed by atoms with E-state index in [1.165, 1.54) is 18.5 Å². The Kier molecular flexibility index (Phi) is 4.37. The summed E-state index contributed by atoms with van der Waals surface area (Å²) in [4.78, 5) is 8.35. The van der Waals surface area contributed by atoms with Crippen molar-refractivity contribution in [1.29, 1.82) is 0 Å². The number of rotatable bonds is 5. The van der Waals surface area contributed by atoms with Crippen LogP contribution in [0.3, 0.4) is 0 Å². The van der Waals surface area contributed by atoms with Crippen molar-refractivity contribution in [3.8, 4) is 5.75 Å². The molecule has 0 unspecified atom stereocenters. The summed E-state index contributed by atoms with van der Waals surface area (Å²) < 4.78 is 19.1. The summed E-state index contributed by atoms with van der Waals surface area (Å²) in [6.45, 7) is 4.90. The molecule has 0 saturated carbocycles. The third kappa shape index (κ3) is 3.74. The van der Waals surface area contributed by atoms with Gasteiger partial charge in [0.25, 0.3) is 0 Å². The summed E-state index contributed by atoms with van der Waals surface area (Å²) in [6.07, 6.45) is 1.46. The van der Waals surface area contributed by atoms with Crippen LogP contribution in [0.25, 0.3) is 10.9 Å². The minimum absolute atomic E-state index is 0.312. The molecular formula is C18H18FN3O. The van der Waals surface area contributed by atoms with E-state index >= 15 is 0 Å². The molecule has 118 valence electrons. The van der Waals surface area contributed by atoms with Gasteiger partial charge in [0, 0.05) is 11.1 Å². The van der Waals surface area contributed by atoms with Crippen molar-refractivity contribution in [2.45, 2.75) is 13.8 Å². The molecule has 0 atom stereocenters. The number of hydrogen-bond acceptors (Lipinski definition) is 4. The van der Waals surface area contributed by atoms with Crippen LogP contribution in [-0.4, -0.2) is 16.6 Å². The van der Waals surface area contributed by atoms with Crippen LogP contribution in [0, 0.1) is 11.7 Å². The summed E-state index contributed by atoms with van der Waals surface area (Å²) in [5.41, 5.74) is 1.55. The van der Waals surface area contributed by atoms with Gasteiger partial charge >= 0.3 is 0 Å². The first-order chi connectivity index (χ1) is 11.1. The van der Waals surface area contributed by atoms with E-state index in [0.717, 1.165) is 11.4 Å². The van der Waals surface area contributed by atoms with Crippen LogP contribution in [0.2, 0.25) is 0 Å². The number of ether oxygens (including phenoxy) is 1. The molecule has 1 heterocycles. The first-order valence-electron chi connectivity index (χ1n) is 7.52. The number of anilines is 2. The number of hydrogen-bond donors (Lipinski definition) is 1. The molecule has 5 heteroatoms. The molecule has 1 aromatic heterocycles. The van der Waals surface area contributed by atoms with Crippen LogP contribution in [0.5, 0.6) is 5.75 Å². The Morgan fingerprint density at radius 1 is 1.09 bits per heavy atom. The lowest BCUT2D eigenvalue weighted by atomic mass is 10.2. The maximum absolute atomic E-state index is 13.5. The van der Waals surface area contributed by atoms with Crippen molar-refractivity contribution in [3.63, 3.8) is 0 Å². The predicted molar refractivity (Wildman–Crippen MR) is 89.6 cm³/mol. The first-order valence-corrected chi connectivity index (χ1v) is 7.52. The molecule has 0 fully saturated rings. The topological polar surface area (TPSA) is 47.0 Å². The summed E-state index contributed by atoms with van der Waals surface area (Å²) in [5.74, 6) is 1.57. The molecule has 0 spiro atoms. The first kappa shape index (κ1) is 15.2. The predicted octanol–water partition coefficient (Wildman–Crippen LogP) is 4.55. The molecule has 0 aliphatic carbocycles. The number of aromatic nitrogens is 2. The van der Waals surface area contributed by atoms with Gasteiger partial charge in [-0.15, -0.1) is 0 Å². The highest BCUT2D eigenvalue weighted by Gasteiger charge is 2.06. The largest absolute Gasteiger partial charge is 0.493 e. The second kappa shape index (κ2) is 6.60. The minimum Gasteiger partial charge on any atom is -0.493 e. The Morgan fingerprint density at radius 3 is 2.61 bits per heavy atom. The van der Waals surface area contributed by atoms with E-state index in [-0.39, 0.29) is 5.82 Å². The average Bonchev–Trinajstić information content (AvgIpc) is 2.55. The van der Waals surface area contributed by atoms with Gasteiger partial charge in [-0.05, 0) is 48.4 Å². The summed E-state index contributed by atoms with van der Waals surface area (Å²) in [6, 6.07) is 12.1. The van der Waals surface area contributed by atoms with Gasteiger partial charge in [0.2, 0.25) is 0 Å². The third-order valence-corrected chi connectivity index (χ3v) is 3.30. The maximum atomic E-state index is 13.5. The normalized spacial score (nSPS) is 11.0. The van der Waals surface area contributed by atoms with Crippen LogP contribution in [-0.2, 0) is 0 Å². The maximum Gasteiger partial charge on any atom is 0.141 e. The second-order valence-corrected chi connectivity index (χ2v) is 5.74. The van der Waals surface area contributed by atoms with E-state index in [4.69, 9.17) is 4.74 Å². The van der Waals surface area contributed by atoms with E-state index in [2.05, 4.69) is 29.1 Å². The molecular weight excluding hydrogens is 293 g/mol. The average molecular weight is 311 g/mol. The van der Waals surface area contributed by atoms with Crippen molar-refractivity contribution in [1.82, 2.24) is 9.97 Å². The fraction of sp³-hybridized carbons (Fsp3) is 0.222. The van der Waals surface area contributed by atoms with Gasteiger partial charge in [0.05, 0.1) is 12.1 Å². The summed E-state index contributed by atoms with van der Waals surface area (Å²) >= 11 is 0. The third-order valence-electron chi connectivity index (χ3n) is 3.30. The van der Waals surface area contributed by atoms with E-state index in [9.17, 15) is 4.39 Å². The Hall–Kier alpha value is -2.69. The fourth-order valence-electron chi connectivity index (χ4n) is 2.16. The van der Waals surface area contributed by atoms with Crippen molar-refractivity contribution in [2.24, 2.45) is 5.92 Å². The van der Waals surface area contributed by atoms with Crippen LogP contribution in [0.1, 0.15) is 13.8 Å². The van der Waals surface area contributed by atoms with Crippen LogP contribution in [0.15, 0.2) is 48.8 Å². The molecule has 3 rings (SSSR count). The molecule has 3 aromatic rings. The minimum atomic E-state index is -0.312. The quantitative estimate of drug-likeness (QED) is 0.751.